The Hall–Kier alpha value is -4.91. The number of H-pyrrole nitrogens is 1. The number of carbonyl (C=O) groups excluding carboxylic acids is 4. The summed E-state index contributed by atoms with van der Waals surface area (Å²) >= 11 is 0. The lowest BCUT2D eigenvalue weighted by Gasteiger charge is -2.30. The van der Waals surface area contributed by atoms with Crippen LogP contribution in [0.25, 0.3) is 22.4 Å². The Labute approximate surface area is 306 Å². The summed E-state index contributed by atoms with van der Waals surface area (Å²) < 4.78 is 9.54. The zero-order valence-corrected chi connectivity index (χ0v) is 31.1. The number of aromatic amines is 1. The number of benzene rings is 2. The number of rotatable bonds is 13. The molecule has 2 aliphatic heterocycles. The molecular formula is C39H53N7O6. The minimum Gasteiger partial charge on any atom is -0.453 e. The van der Waals surface area contributed by atoms with Crippen LogP contribution in [-0.2, 0) is 25.6 Å². The topological polar surface area (TPSA) is 158 Å². The van der Waals surface area contributed by atoms with Gasteiger partial charge in [-0.2, -0.15) is 0 Å². The van der Waals surface area contributed by atoms with E-state index in [1.807, 2.05) is 52.0 Å². The van der Waals surface area contributed by atoms with Crippen LogP contribution in [0.2, 0.25) is 0 Å². The predicted octanol–water partition coefficient (Wildman–Crippen LogP) is 5.25. The fourth-order valence-corrected chi connectivity index (χ4v) is 7.04. The quantitative estimate of drug-likeness (QED) is 0.187. The number of likely N-dealkylation sites (tertiary alicyclic amines) is 2. The van der Waals surface area contributed by atoms with E-state index < -0.39 is 18.2 Å². The van der Waals surface area contributed by atoms with Crippen molar-refractivity contribution < 1.29 is 28.7 Å². The first kappa shape index (κ1) is 38.3. The molecule has 13 nitrogen and oxygen atoms in total. The number of hydrogen-bond acceptors (Lipinski definition) is 8. The molecule has 2 aromatic carbocycles. The second-order valence-electron chi connectivity index (χ2n) is 14.4. The van der Waals surface area contributed by atoms with Crippen molar-refractivity contribution in [1.29, 1.82) is 0 Å². The summed E-state index contributed by atoms with van der Waals surface area (Å²) in [5.74, 6) is 0.690. The molecule has 1 aromatic heterocycles. The smallest absolute Gasteiger partial charge is 0.407 e. The highest BCUT2D eigenvalue weighted by Gasteiger charge is 2.37. The minimum absolute atomic E-state index is 0.00210. The molecule has 13 heteroatoms. The second-order valence-corrected chi connectivity index (χ2v) is 14.4. The van der Waals surface area contributed by atoms with Crippen molar-refractivity contribution in [3.05, 3.63) is 66.1 Å². The first-order chi connectivity index (χ1) is 25.0. The molecule has 4 unspecified atom stereocenters. The predicted molar refractivity (Wildman–Crippen MR) is 198 cm³/mol. The van der Waals surface area contributed by atoms with Crippen LogP contribution in [0.5, 0.6) is 0 Å². The second kappa shape index (κ2) is 17.5. The van der Waals surface area contributed by atoms with Crippen molar-refractivity contribution >= 4 is 24.0 Å². The Morgan fingerprint density at radius 3 is 2.08 bits per heavy atom. The third kappa shape index (κ3) is 9.30. The first-order valence-corrected chi connectivity index (χ1v) is 18.2. The van der Waals surface area contributed by atoms with Gasteiger partial charge in [-0.05, 0) is 66.3 Å². The average Bonchev–Trinajstić information content (AvgIpc) is 3.94. The van der Waals surface area contributed by atoms with Gasteiger partial charge < -0.3 is 35.3 Å². The molecule has 0 radical (unpaired) electrons. The number of aromatic nitrogens is 2. The molecule has 0 aliphatic carbocycles. The summed E-state index contributed by atoms with van der Waals surface area (Å²) in [4.78, 5) is 62.5. The fraction of sp³-hybridized carbons (Fsp3) is 0.513. The van der Waals surface area contributed by atoms with Crippen molar-refractivity contribution in [2.75, 3.05) is 33.9 Å². The molecule has 3 heterocycles. The van der Waals surface area contributed by atoms with Crippen molar-refractivity contribution in [1.82, 2.24) is 35.7 Å². The van der Waals surface area contributed by atoms with E-state index in [0.717, 1.165) is 66.0 Å². The zero-order valence-electron chi connectivity index (χ0n) is 31.1. The molecular weight excluding hydrogens is 662 g/mol. The Balaban J connectivity index is 1.16. The van der Waals surface area contributed by atoms with Gasteiger partial charge in [0.25, 0.3) is 0 Å². The highest BCUT2D eigenvalue weighted by atomic mass is 16.5. The summed E-state index contributed by atoms with van der Waals surface area (Å²) in [7, 11) is 2.65. The average molecular weight is 716 g/mol. The number of amides is 4. The van der Waals surface area contributed by atoms with Crippen molar-refractivity contribution in [2.24, 2.45) is 11.8 Å². The molecule has 0 bridgehead atoms. The lowest BCUT2D eigenvalue weighted by atomic mass is 10.0. The third-order valence-electron chi connectivity index (χ3n) is 10.2. The normalized spacial score (nSPS) is 18.7. The Morgan fingerprint density at radius 1 is 0.827 bits per heavy atom. The SMILES string of the molecule is COC(=O)NC(CN1CCCC1C(=O)NCc1ccc(-c2ccc(-c3cnc(C4CCCN4C(=O)C(NC(=O)OC)C(C)C)[nH]3)cc2)cc1)C(C)C. The van der Waals surface area contributed by atoms with Gasteiger partial charge in [-0.15, -0.1) is 0 Å². The highest BCUT2D eigenvalue weighted by Crippen LogP contribution is 2.33. The number of ether oxygens (including phenoxy) is 2. The van der Waals surface area contributed by atoms with E-state index in [1.165, 1.54) is 14.2 Å². The number of hydrogen-bond donors (Lipinski definition) is 4. The monoisotopic (exact) mass is 715 g/mol. The van der Waals surface area contributed by atoms with E-state index in [-0.39, 0.29) is 41.8 Å². The van der Waals surface area contributed by atoms with Crippen LogP contribution >= 0.6 is 0 Å². The van der Waals surface area contributed by atoms with Crippen LogP contribution in [0.3, 0.4) is 0 Å². The third-order valence-corrected chi connectivity index (χ3v) is 10.2. The maximum Gasteiger partial charge on any atom is 0.407 e. The zero-order chi connectivity index (χ0) is 37.4. The van der Waals surface area contributed by atoms with Crippen LogP contribution in [0.4, 0.5) is 9.59 Å². The van der Waals surface area contributed by atoms with E-state index in [4.69, 9.17) is 9.47 Å². The van der Waals surface area contributed by atoms with Crippen molar-refractivity contribution in [2.45, 2.75) is 84.1 Å². The summed E-state index contributed by atoms with van der Waals surface area (Å²) in [6.45, 7) is 10.3. The van der Waals surface area contributed by atoms with Crippen LogP contribution in [0.15, 0.2) is 54.7 Å². The molecule has 2 fully saturated rings. The van der Waals surface area contributed by atoms with Crippen LogP contribution in [0, 0.1) is 11.8 Å². The molecule has 4 N–H and O–H groups in total. The molecule has 280 valence electrons. The first-order valence-electron chi connectivity index (χ1n) is 18.2. The molecule has 0 saturated carbocycles. The van der Waals surface area contributed by atoms with Crippen LogP contribution < -0.4 is 16.0 Å². The Bertz CT molecular complexity index is 1670. The number of nitrogens with one attached hydrogen (secondary N) is 4. The molecule has 4 amide bonds. The van der Waals surface area contributed by atoms with Crippen LogP contribution in [0.1, 0.15) is 70.8 Å². The highest BCUT2D eigenvalue weighted by molar-refractivity contribution is 5.86. The van der Waals surface area contributed by atoms with Crippen LogP contribution in [-0.4, -0.2) is 95.7 Å². The maximum absolute atomic E-state index is 13.5. The summed E-state index contributed by atoms with van der Waals surface area (Å²) in [5, 5.41) is 8.71. The van der Waals surface area contributed by atoms with E-state index in [2.05, 4.69) is 55.1 Å². The van der Waals surface area contributed by atoms with Crippen molar-refractivity contribution in [3.63, 3.8) is 0 Å². The fourth-order valence-electron chi connectivity index (χ4n) is 7.04. The van der Waals surface area contributed by atoms with Gasteiger partial charge in [0.1, 0.15) is 11.9 Å². The van der Waals surface area contributed by atoms with E-state index in [9.17, 15) is 19.2 Å². The van der Waals surface area contributed by atoms with Crippen molar-refractivity contribution in [3.8, 4) is 22.4 Å². The maximum atomic E-state index is 13.5. The molecule has 5 rings (SSSR count). The number of imidazole rings is 1. The summed E-state index contributed by atoms with van der Waals surface area (Å²) in [6, 6.07) is 15.2. The largest absolute Gasteiger partial charge is 0.453 e. The molecule has 3 aromatic rings. The molecule has 52 heavy (non-hydrogen) atoms. The number of alkyl carbamates (subject to hydrolysis) is 2. The lowest BCUT2D eigenvalue weighted by Crippen LogP contribution is -2.51. The lowest BCUT2D eigenvalue weighted by molar-refractivity contribution is -0.135. The van der Waals surface area contributed by atoms with Gasteiger partial charge >= 0.3 is 12.2 Å². The van der Waals surface area contributed by atoms with Gasteiger partial charge in [-0.3, -0.25) is 14.5 Å². The standard InChI is InChI=1S/C39H53N7O6/c1-24(2)31(43-38(49)51-5)23-45-19-7-10-33(45)36(47)41-21-26-11-13-27(14-12-26)28-15-17-29(18-16-28)30-22-40-35(42-30)32-9-8-20-46(32)37(48)34(25(3)4)44-39(50)52-6/h11-18,22,24-25,31-34H,7-10,19-21,23H2,1-6H3,(H,40,42)(H,41,47)(H,43,49)(H,44,50). The number of nitrogens with zero attached hydrogens (tertiary/aromatic N) is 3. The van der Waals surface area contributed by atoms with Gasteiger partial charge in [0, 0.05) is 25.7 Å². The summed E-state index contributed by atoms with van der Waals surface area (Å²) in [6.07, 6.45) is 4.08. The molecule has 2 saturated heterocycles. The number of carbonyl (C=O) groups is 4. The Kier molecular flexibility index (Phi) is 12.9. The summed E-state index contributed by atoms with van der Waals surface area (Å²) in [5.41, 5.74) is 4.97. The number of methoxy groups -OCH3 is 2. The molecule has 2 aliphatic rings. The van der Waals surface area contributed by atoms with Gasteiger partial charge in [0.2, 0.25) is 11.8 Å². The van der Waals surface area contributed by atoms with Gasteiger partial charge in [-0.25, -0.2) is 14.6 Å². The Morgan fingerprint density at radius 2 is 1.44 bits per heavy atom. The van der Waals surface area contributed by atoms with E-state index >= 15 is 0 Å². The van der Waals surface area contributed by atoms with Gasteiger partial charge in [-0.1, -0.05) is 76.2 Å². The van der Waals surface area contributed by atoms with E-state index in [0.29, 0.717) is 19.6 Å². The van der Waals surface area contributed by atoms with Gasteiger partial charge in [0.05, 0.1) is 38.2 Å². The molecule has 4 atom stereocenters. The van der Waals surface area contributed by atoms with E-state index in [1.54, 1.807) is 11.1 Å². The van der Waals surface area contributed by atoms with Gasteiger partial charge in [0.15, 0.2) is 0 Å². The molecule has 0 spiro atoms. The minimum atomic E-state index is -0.682.